The van der Waals surface area contributed by atoms with E-state index in [1.807, 2.05) is 48.7 Å². The van der Waals surface area contributed by atoms with Crippen LogP contribution in [0.4, 0.5) is 5.69 Å². The third kappa shape index (κ3) is 3.27. The summed E-state index contributed by atoms with van der Waals surface area (Å²) < 4.78 is 0. The van der Waals surface area contributed by atoms with E-state index in [4.69, 9.17) is 0 Å². The van der Waals surface area contributed by atoms with Gasteiger partial charge in [-0.1, -0.05) is 23.8 Å². The summed E-state index contributed by atoms with van der Waals surface area (Å²) in [5.74, 6) is 0.149. The van der Waals surface area contributed by atoms with Gasteiger partial charge in [0.25, 0.3) is 0 Å². The molecule has 26 heavy (non-hydrogen) atoms. The van der Waals surface area contributed by atoms with Crippen molar-refractivity contribution < 1.29 is 9.59 Å². The first-order chi connectivity index (χ1) is 12.6. The maximum absolute atomic E-state index is 12.9. The van der Waals surface area contributed by atoms with Crippen molar-refractivity contribution in [3.8, 4) is 0 Å². The Labute approximate surface area is 157 Å². The van der Waals surface area contributed by atoms with Gasteiger partial charge in [-0.25, -0.2) is 0 Å². The Morgan fingerprint density at radius 3 is 2.65 bits per heavy atom. The summed E-state index contributed by atoms with van der Waals surface area (Å²) in [6, 6.07) is 11.7. The second-order valence-electron chi connectivity index (χ2n) is 7.14. The van der Waals surface area contributed by atoms with E-state index in [0.717, 1.165) is 29.2 Å². The number of thiophene rings is 1. The van der Waals surface area contributed by atoms with Gasteiger partial charge in [-0.3, -0.25) is 9.59 Å². The van der Waals surface area contributed by atoms with E-state index >= 15 is 0 Å². The summed E-state index contributed by atoms with van der Waals surface area (Å²) in [4.78, 5) is 28.6. The molecule has 0 saturated carbocycles. The smallest absolute Gasteiger partial charge is 0.228 e. The zero-order chi connectivity index (χ0) is 18.1. The average Bonchev–Trinajstić information content (AvgIpc) is 3.21. The molecule has 2 aliphatic heterocycles. The fourth-order valence-corrected chi connectivity index (χ4v) is 4.51. The molecule has 2 fully saturated rings. The molecular weight excluding hydrogens is 346 g/mol. The Morgan fingerprint density at radius 2 is 2.04 bits per heavy atom. The van der Waals surface area contributed by atoms with Crippen molar-refractivity contribution in [1.82, 2.24) is 10.6 Å². The highest BCUT2D eigenvalue weighted by atomic mass is 32.1. The van der Waals surface area contributed by atoms with Gasteiger partial charge in [0.2, 0.25) is 11.8 Å². The molecule has 2 amide bonds. The molecule has 0 radical (unpaired) electrons. The number of anilines is 1. The molecule has 2 unspecified atom stereocenters. The molecule has 3 heterocycles. The van der Waals surface area contributed by atoms with Gasteiger partial charge < -0.3 is 15.5 Å². The Bertz CT molecular complexity index is 784. The number of carbonyl (C=O) groups is 2. The summed E-state index contributed by atoms with van der Waals surface area (Å²) in [6.07, 6.45) is 0.255. The molecule has 2 saturated heterocycles. The van der Waals surface area contributed by atoms with Crippen LogP contribution in [0.2, 0.25) is 0 Å². The van der Waals surface area contributed by atoms with Crippen molar-refractivity contribution in [2.24, 2.45) is 11.8 Å². The number of aryl methyl sites for hydroxylation is 1. The van der Waals surface area contributed by atoms with Gasteiger partial charge in [0.15, 0.2) is 0 Å². The zero-order valence-corrected chi connectivity index (χ0v) is 15.6. The second-order valence-corrected chi connectivity index (χ2v) is 8.12. The minimum absolute atomic E-state index is 0.0118. The van der Waals surface area contributed by atoms with Crippen LogP contribution in [0.3, 0.4) is 0 Å². The number of benzene rings is 1. The number of carbonyl (C=O) groups excluding carboxylic acids is 2. The van der Waals surface area contributed by atoms with E-state index in [1.54, 1.807) is 16.2 Å². The lowest BCUT2D eigenvalue weighted by molar-refractivity contribution is -0.127. The number of nitrogens with one attached hydrogen (secondary N) is 2. The van der Waals surface area contributed by atoms with E-state index in [-0.39, 0.29) is 30.2 Å². The Hall–Kier alpha value is -2.18. The SMILES string of the molecule is Cc1ccc(N2C(=O)CC(C(=O)NCC3CNC3)C2c2cccs2)cc1. The lowest BCUT2D eigenvalue weighted by Gasteiger charge is -2.29. The van der Waals surface area contributed by atoms with Crippen molar-refractivity contribution >= 4 is 28.8 Å². The van der Waals surface area contributed by atoms with Crippen molar-refractivity contribution in [3.63, 3.8) is 0 Å². The van der Waals surface area contributed by atoms with E-state index in [2.05, 4.69) is 10.6 Å². The number of hydrogen-bond donors (Lipinski definition) is 2. The Kier molecular flexibility index (Phi) is 4.78. The summed E-state index contributed by atoms with van der Waals surface area (Å²) in [6.45, 7) is 4.61. The van der Waals surface area contributed by atoms with Crippen LogP contribution in [0.5, 0.6) is 0 Å². The third-order valence-corrected chi connectivity index (χ3v) is 6.18. The van der Waals surface area contributed by atoms with Crippen LogP contribution in [0.15, 0.2) is 41.8 Å². The van der Waals surface area contributed by atoms with Gasteiger partial charge in [-0.2, -0.15) is 0 Å². The highest BCUT2D eigenvalue weighted by Crippen LogP contribution is 2.43. The molecule has 2 aliphatic rings. The quantitative estimate of drug-likeness (QED) is 0.851. The van der Waals surface area contributed by atoms with Crippen molar-refractivity contribution in [1.29, 1.82) is 0 Å². The third-order valence-electron chi connectivity index (χ3n) is 5.24. The minimum Gasteiger partial charge on any atom is -0.355 e. The summed E-state index contributed by atoms with van der Waals surface area (Å²) in [7, 11) is 0. The lowest BCUT2D eigenvalue weighted by atomic mass is 9.96. The zero-order valence-electron chi connectivity index (χ0n) is 14.8. The molecule has 1 aromatic carbocycles. The molecule has 1 aromatic heterocycles. The van der Waals surface area contributed by atoms with Crippen LogP contribution in [-0.2, 0) is 9.59 Å². The fraction of sp³-hybridized carbons (Fsp3) is 0.400. The first-order valence-corrected chi connectivity index (χ1v) is 9.92. The molecular formula is C20H23N3O2S. The monoisotopic (exact) mass is 369 g/mol. The van der Waals surface area contributed by atoms with Crippen molar-refractivity contribution in [3.05, 3.63) is 52.2 Å². The van der Waals surface area contributed by atoms with Crippen LogP contribution < -0.4 is 15.5 Å². The van der Waals surface area contributed by atoms with Crippen LogP contribution in [0, 0.1) is 18.8 Å². The van der Waals surface area contributed by atoms with E-state index < -0.39 is 0 Å². The minimum atomic E-state index is -0.351. The standard InChI is InChI=1S/C20H23N3O2S/c1-13-4-6-15(7-5-13)23-18(24)9-16(19(23)17-3-2-8-26-17)20(25)22-12-14-10-21-11-14/h2-8,14,16,19,21H,9-12H2,1H3,(H,22,25). The van der Waals surface area contributed by atoms with E-state index in [9.17, 15) is 9.59 Å². The number of amides is 2. The highest BCUT2D eigenvalue weighted by molar-refractivity contribution is 7.10. The molecule has 2 atom stereocenters. The highest BCUT2D eigenvalue weighted by Gasteiger charge is 2.45. The van der Waals surface area contributed by atoms with Gasteiger partial charge in [-0.05, 0) is 30.5 Å². The normalized spacial score (nSPS) is 23.1. The van der Waals surface area contributed by atoms with Gasteiger partial charge >= 0.3 is 0 Å². The van der Waals surface area contributed by atoms with Gasteiger partial charge in [0.05, 0.1) is 12.0 Å². The predicted octanol–water partition coefficient (Wildman–Crippen LogP) is 2.49. The van der Waals surface area contributed by atoms with Crippen molar-refractivity contribution in [2.45, 2.75) is 19.4 Å². The molecule has 4 rings (SSSR count). The fourth-order valence-electron chi connectivity index (χ4n) is 3.63. The van der Waals surface area contributed by atoms with Crippen molar-refractivity contribution in [2.75, 3.05) is 24.5 Å². The van der Waals surface area contributed by atoms with Crippen LogP contribution >= 0.6 is 11.3 Å². The van der Waals surface area contributed by atoms with E-state index in [1.165, 1.54) is 0 Å². The number of hydrogen-bond acceptors (Lipinski definition) is 4. The van der Waals surface area contributed by atoms with Gasteiger partial charge in [0, 0.05) is 42.5 Å². The molecule has 0 aliphatic carbocycles. The number of nitrogens with zero attached hydrogens (tertiary/aromatic N) is 1. The summed E-state index contributed by atoms with van der Waals surface area (Å²) in [5, 5.41) is 8.28. The molecule has 2 aromatic rings. The van der Waals surface area contributed by atoms with Crippen LogP contribution in [0.25, 0.3) is 0 Å². The molecule has 2 N–H and O–H groups in total. The van der Waals surface area contributed by atoms with E-state index in [0.29, 0.717) is 12.5 Å². The Morgan fingerprint density at radius 1 is 1.27 bits per heavy atom. The van der Waals surface area contributed by atoms with Crippen LogP contribution in [-0.4, -0.2) is 31.4 Å². The Balaban J connectivity index is 1.60. The van der Waals surface area contributed by atoms with Gasteiger partial charge in [0.1, 0.15) is 0 Å². The number of rotatable bonds is 5. The van der Waals surface area contributed by atoms with Crippen LogP contribution in [0.1, 0.15) is 22.9 Å². The van der Waals surface area contributed by atoms with Gasteiger partial charge in [-0.15, -0.1) is 11.3 Å². The maximum atomic E-state index is 12.9. The average molecular weight is 369 g/mol. The summed E-state index contributed by atoms with van der Waals surface area (Å²) >= 11 is 1.60. The first kappa shape index (κ1) is 17.2. The first-order valence-electron chi connectivity index (χ1n) is 9.04. The molecule has 136 valence electrons. The topological polar surface area (TPSA) is 61.4 Å². The lowest BCUT2D eigenvalue weighted by Crippen LogP contribution is -2.49. The molecule has 6 heteroatoms. The maximum Gasteiger partial charge on any atom is 0.228 e. The second kappa shape index (κ2) is 7.21. The predicted molar refractivity (Wildman–Crippen MR) is 103 cm³/mol. The molecule has 0 bridgehead atoms. The largest absolute Gasteiger partial charge is 0.355 e. The molecule has 0 spiro atoms. The molecule has 5 nitrogen and oxygen atoms in total. The summed E-state index contributed by atoms with van der Waals surface area (Å²) in [5.41, 5.74) is 2.01.